The molecule has 1 aliphatic rings. The number of benzene rings is 2. The molecular weight excluding hydrogens is 270 g/mol. The molecule has 0 unspecified atom stereocenters. The molecule has 5 nitrogen and oxygen atoms in total. The number of aliphatic hydroxyl groups is 1. The molecule has 1 amide bonds. The molecule has 0 aliphatic carbocycles. The van der Waals surface area contributed by atoms with Gasteiger partial charge in [-0.3, -0.25) is 4.90 Å². The van der Waals surface area contributed by atoms with E-state index in [9.17, 15) is 4.79 Å². The van der Waals surface area contributed by atoms with Gasteiger partial charge in [0.05, 0.1) is 13.2 Å². The van der Waals surface area contributed by atoms with Gasteiger partial charge in [0.2, 0.25) is 0 Å². The second-order valence-corrected chi connectivity index (χ2v) is 4.94. The van der Waals surface area contributed by atoms with E-state index in [2.05, 4.69) is 0 Å². The lowest BCUT2D eigenvalue weighted by Crippen LogP contribution is -2.22. The molecule has 0 fully saturated rings. The summed E-state index contributed by atoms with van der Waals surface area (Å²) in [7, 11) is 0. The van der Waals surface area contributed by atoms with Crippen molar-refractivity contribution in [1.82, 2.24) is 4.90 Å². The summed E-state index contributed by atoms with van der Waals surface area (Å²) in [5, 5.41) is 18.2. The molecule has 0 saturated carbocycles. The Labute approximate surface area is 122 Å². The third kappa shape index (κ3) is 2.68. The molecule has 5 heteroatoms. The lowest BCUT2D eigenvalue weighted by atomic mass is 10.1. The van der Waals surface area contributed by atoms with Crippen molar-refractivity contribution in [2.24, 2.45) is 0 Å². The van der Waals surface area contributed by atoms with Crippen LogP contribution in [0.15, 0.2) is 42.5 Å². The first-order chi connectivity index (χ1) is 10.2. The first-order valence-corrected chi connectivity index (χ1v) is 6.63. The van der Waals surface area contributed by atoms with E-state index in [4.69, 9.17) is 14.9 Å². The van der Waals surface area contributed by atoms with Crippen molar-refractivity contribution in [2.75, 3.05) is 0 Å². The van der Waals surface area contributed by atoms with Crippen LogP contribution in [0.5, 0.6) is 11.5 Å². The summed E-state index contributed by atoms with van der Waals surface area (Å²) in [5.74, 6) is 1.29. The van der Waals surface area contributed by atoms with E-state index >= 15 is 0 Å². The van der Waals surface area contributed by atoms with Crippen LogP contribution in [0.2, 0.25) is 0 Å². The fourth-order valence-electron chi connectivity index (χ4n) is 2.46. The van der Waals surface area contributed by atoms with Crippen molar-refractivity contribution in [1.29, 1.82) is 0 Å². The normalized spacial score (nSPS) is 13.1. The first kappa shape index (κ1) is 13.5. The van der Waals surface area contributed by atoms with Gasteiger partial charge in [0, 0.05) is 12.1 Å². The molecule has 1 heterocycles. The third-order valence-electron chi connectivity index (χ3n) is 3.52. The fourth-order valence-corrected chi connectivity index (χ4v) is 2.46. The number of rotatable bonds is 3. The highest BCUT2D eigenvalue weighted by Crippen LogP contribution is 2.33. The average molecular weight is 285 g/mol. The van der Waals surface area contributed by atoms with Crippen LogP contribution in [0.1, 0.15) is 16.7 Å². The maximum absolute atomic E-state index is 11.1. The van der Waals surface area contributed by atoms with Gasteiger partial charge in [0.25, 0.3) is 0 Å². The molecule has 0 radical (unpaired) electrons. The van der Waals surface area contributed by atoms with Gasteiger partial charge >= 0.3 is 6.09 Å². The second-order valence-electron chi connectivity index (χ2n) is 4.94. The zero-order valence-corrected chi connectivity index (χ0v) is 11.3. The molecule has 0 bridgehead atoms. The molecular formula is C16H15NO4. The SMILES string of the molecule is O=C(O)N1Cc2cccc(Oc3cccc(CO)c3)c2C1. The number of carbonyl (C=O) groups is 1. The lowest BCUT2D eigenvalue weighted by Gasteiger charge is -2.11. The van der Waals surface area contributed by atoms with Crippen molar-refractivity contribution in [2.45, 2.75) is 19.7 Å². The van der Waals surface area contributed by atoms with Crippen molar-refractivity contribution in [3.63, 3.8) is 0 Å². The second kappa shape index (κ2) is 5.46. The molecule has 0 aromatic heterocycles. The Bertz CT molecular complexity index is 684. The van der Waals surface area contributed by atoms with Crippen LogP contribution in [0, 0.1) is 0 Å². The van der Waals surface area contributed by atoms with Gasteiger partial charge in [-0.15, -0.1) is 0 Å². The monoisotopic (exact) mass is 285 g/mol. The minimum Gasteiger partial charge on any atom is -0.465 e. The van der Waals surface area contributed by atoms with E-state index in [1.807, 2.05) is 36.4 Å². The average Bonchev–Trinajstić information content (AvgIpc) is 2.93. The Hall–Kier alpha value is -2.53. The number of carboxylic acid groups (broad SMARTS) is 1. The number of aliphatic hydroxyl groups excluding tert-OH is 1. The zero-order valence-electron chi connectivity index (χ0n) is 11.3. The van der Waals surface area contributed by atoms with Gasteiger partial charge in [0.15, 0.2) is 0 Å². The summed E-state index contributed by atoms with van der Waals surface area (Å²) in [6.07, 6.45) is -0.931. The minimum absolute atomic E-state index is 0.0448. The van der Waals surface area contributed by atoms with Gasteiger partial charge in [0.1, 0.15) is 11.5 Å². The van der Waals surface area contributed by atoms with Crippen LogP contribution in [0.3, 0.4) is 0 Å². The molecule has 0 spiro atoms. The van der Waals surface area contributed by atoms with Crippen LogP contribution in [0.4, 0.5) is 4.79 Å². The summed E-state index contributed by atoms with van der Waals surface area (Å²) < 4.78 is 5.86. The summed E-state index contributed by atoms with van der Waals surface area (Å²) in [4.78, 5) is 12.4. The highest BCUT2D eigenvalue weighted by atomic mass is 16.5. The molecule has 0 saturated heterocycles. The van der Waals surface area contributed by atoms with Gasteiger partial charge in [-0.2, -0.15) is 0 Å². The van der Waals surface area contributed by atoms with E-state index in [0.29, 0.717) is 24.6 Å². The maximum atomic E-state index is 11.1. The standard InChI is InChI=1S/C16H15NO4/c18-10-11-3-1-5-13(7-11)21-15-6-2-4-12-8-17(16(19)20)9-14(12)15/h1-7,18H,8-10H2,(H,19,20). The lowest BCUT2D eigenvalue weighted by molar-refractivity contribution is 0.145. The summed E-state index contributed by atoms with van der Waals surface area (Å²) >= 11 is 0. The molecule has 2 N–H and O–H groups in total. The molecule has 3 rings (SSSR count). The minimum atomic E-state index is -0.931. The van der Waals surface area contributed by atoms with E-state index in [-0.39, 0.29) is 6.61 Å². The number of ether oxygens (including phenoxy) is 1. The van der Waals surface area contributed by atoms with Gasteiger partial charge < -0.3 is 14.9 Å². The van der Waals surface area contributed by atoms with Crippen LogP contribution in [-0.4, -0.2) is 21.2 Å². The molecule has 1 aliphatic heterocycles. The Morgan fingerprint density at radius 1 is 1.19 bits per heavy atom. The van der Waals surface area contributed by atoms with Crippen molar-refractivity contribution in [3.8, 4) is 11.5 Å². The Morgan fingerprint density at radius 3 is 2.76 bits per heavy atom. The summed E-state index contributed by atoms with van der Waals surface area (Å²) in [5.41, 5.74) is 2.63. The Kier molecular flexibility index (Phi) is 3.50. The summed E-state index contributed by atoms with van der Waals surface area (Å²) in [6.45, 7) is 0.677. The quantitative estimate of drug-likeness (QED) is 0.909. The van der Waals surface area contributed by atoms with Gasteiger partial charge in [-0.25, -0.2) is 4.79 Å². The van der Waals surface area contributed by atoms with E-state index in [1.165, 1.54) is 4.90 Å². The number of nitrogens with zero attached hydrogens (tertiary/aromatic N) is 1. The molecule has 2 aromatic carbocycles. The van der Waals surface area contributed by atoms with Crippen LogP contribution >= 0.6 is 0 Å². The molecule has 108 valence electrons. The van der Waals surface area contributed by atoms with Crippen LogP contribution < -0.4 is 4.74 Å². The topological polar surface area (TPSA) is 70.0 Å². The Balaban J connectivity index is 1.88. The predicted octanol–water partition coefficient (Wildman–Crippen LogP) is 2.96. The first-order valence-electron chi connectivity index (χ1n) is 6.63. The van der Waals surface area contributed by atoms with E-state index in [1.54, 1.807) is 6.07 Å². The number of amides is 1. The maximum Gasteiger partial charge on any atom is 0.407 e. The van der Waals surface area contributed by atoms with Gasteiger partial charge in [-0.1, -0.05) is 24.3 Å². The largest absolute Gasteiger partial charge is 0.465 e. The van der Waals surface area contributed by atoms with Crippen molar-refractivity contribution in [3.05, 3.63) is 59.2 Å². The molecule has 0 atom stereocenters. The highest BCUT2D eigenvalue weighted by Gasteiger charge is 2.25. The fraction of sp³-hybridized carbons (Fsp3) is 0.188. The van der Waals surface area contributed by atoms with Gasteiger partial charge in [-0.05, 0) is 29.3 Å². The Morgan fingerprint density at radius 2 is 2.00 bits per heavy atom. The molecule has 21 heavy (non-hydrogen) atoms. The number of hydrogen-bond donors (Lipinski definition) is 2. The van der Waals surface area contributed by atoms with Crippen molar-refractivity contribution >= 4 is 6.09 Å². The summed E-state index contributed by atoms with van der Waals surface area (Å²) in [6, 6.07) is 12.8. The van der Waals surface area contributed by atoms with E-state index < -0.39 is 6.09 Å². The smallest absolute Gasteiger partial charge is 0.407 e. The molecule has 2 aromatic rings. The number of fused-ring (bicyclic) bond motifs is 1. The van der Waals surface area contributed by atoms with Crippen LogP contribution in [0.25, 0.3) is 0 Å². The van der Waals surface area contributed by atoms with E-state index in [0.717, 1.165) is 16.7 Å². The van der Waals surface area contributed by atoms with Crippen LogP contribution in [-0.2, 0) is 19.7 Å². The third-order valence-corrected chi connectivity index (χ3v) is 3.52. The highest BCUT2D eigenvalue weighted by molar-refractivity contribution is 5.67. The zero-order chi connectivity index (χ0) is 14.8. The van der Waals surface area contributed by atoms with Crippen molar-refractivity contribution < 1.29 is 19.7 Å². The predicted molar refractivity (Wildman–Crippen MR) is 76.2 cm³/mol. The number of hydrogen-bond acceptors (Lipinski definition) is 3.